The number of aromatic nitrogens is 1. The van der Waals surface area contributed by atoms with Crippen molar-refractivity contribution in [3.05, 3.63) is 40.2 Å². The first-order chi connectivity index (χ1) is 8.70. The predicted molar refractivity (Wildman–Crippen MR) is 69.0 cm³/mol. The number of nitrogens with zero attached hydrogens (tertiary/aromatic N) is 1. The Morgan fingerprint density at radius 3 is 3.11 bits per heavy atom. The second kappa shape index (κ2) is 5.79. The maximum absolute atomic E-state index is 11.8. The molecule has 0 radical (unpaired) electrons. The van der Waals surface area contributed by atoms with Gasteiger partial charge < -0.3 is 15.5 Å². The lowest BCUT2D eigenvalue weighted by atomic mass is 10.2. The Morgan fingerprint density at radius 1 is 1.67 bits per heavy atom. The van der Waals surface area contributed by atoms with E-state index in [0.29, 0.717) is 5.89 Å². The zero-order valence-corrected chi connectivity index (χ0v) is 10.9. The van der Waals surface area contributed by atoms with Crippen LogP contribution in [0.25, 0.3) is 0 Å². The average molecular weight is 265 g/mol. The number of oxazole rings is 1. The van der Waals surface area contributed by atoms with Gasteiger partial charge in [-0.15, -0.1) is 11.3 Å². The smallest absolute Gasteiger partial charge is 0.242 e. The third-order valence-corrected chi connectivity index (χ3v) is 3.45. The highest BCUT2D eigenvalue weighted by molar-refractivity contribution is 7.10. The lowest BCUT2D eigenvalue weighted by Gasteiger charge is -2.08. The molecule has 0 saturated carbocycles. The first kappa shape index (κ1) is 12.8. The lowest BCUT2D eigenvalue weighted by molar-refractivity contribution is -0.122. The van der Waals surface area contributed by atoms with Gasteiger partial charge in [0, 0.05) is 11.3 Å². The van der Waals surface area contributed by atoms with Crippen LogP contribution < -0.4 is 11.1 Å². The van der Waals surface area contributed by atoms with Gasteiger partial charge in [-0.25, -0.2) is 4.98 Å². The summed E-state index contributed by atoms with van der Waals surface area (Å²) < 4.78 is 5.39. The molecule has 0 aromatic carbocycles. The SMILES string of the molecule is CCc1cnc(CNC(=O)C(N)c2cccs2)o1. The van der Waals surface area contributed by atoms with Crippen LogP contribution in [0, 0.1) is 0 Å². The minimum absolute atomic E-state index is 0.228. The molecule has 2 rings (SSSR count). The molecule has 1 unspecified atom stereocenters. The van der Waals surface area contributed by atoms with Gasteiger partial charge in [0.05, 0.1) is 12.7 Å². The molecule has 6 heteroatoms. The number of hydrogen-bond donors (Lipinski definition) is 2. The van der Waals surface area contributed by atoms with Gasteiger partial charge in [-0.2, -0.15) is 0 Å². The Labute approximate surface area is 109 Å². The molecule has 96 valence electrons. The van der Waals surface area contributed by atoms with Gasteiger partial charge >= 0.3 is 0 Å². The normalized spacial score (nSPS) is 12.3. The summed E-state index contributed by atoms with van der Waals surface area (Å²) in [6.07, 6.45) is 2.45. The minimum atomic E-state index is -0.634. The second-order valence-corrected chi connectivity index (χ2v) is 4.76. The van der Waals surface area contributed by atoms with Crippen LogP contribution in [0.3, 0.4) is 0 Å². The highest BCUT2D eigenvalue weighted by atomic mass is 32.1. The first-order valence-corrected chi connectivity index (χ1v) is 6.59. The molecular formula is C12H15N3O2S. The summed E-state index contributed by atoms with van der Waals surface area (Å²) in [6, 6.07) is 3.08. The molecule has 2 aromatic heterocycles. The van der Waals surface area contributed by atoms with Gasteiger partial charge in [0.1, 0.15) is 11.8 Å². The summed E-state index contributed by atoms with van der Waals surface area (Å²) in [5, 5.41) is 4.60. The number of nitrogens with one attached hydrogen (secondary N) is 1. The number of aryl methyl sites for hydroxylation is 1. The number of nitrogens with two attached hydrogens (primary N) is 1. The zero-order valence-electron chi connectivity index (χ0n) is 10.1. The van der Waals surface area contributed by atoms with Crippen molar-refractivity contribution in [2.75, 3.05) is 0 Å². The molecular weight excluding hydrogens is 250 g/mol. The van der Waals surface area contributed by atoms with Crippen molar-refractivity contribution in [2.24, 2.45) is 5.73 Å². The van der Waals surface area contributed by atoms with Gasteiger partial charge in [-0.05, 0) is 11.4 Å². The van der Waals surface area contributed by atoms with E-state index >= 15 is 0 Å². The second-order valence-electron chi connectivity index (χ2n) is 3.78. The topological polar surface area (TPSA) is 81.2 Å². The summed E-state index contributed by atoms with van der Waals surface area (Å²) in [4.78, 5) is 16.7. The van der Waals surface area contributed by atoms with E-state index in [0.717, 1.165) is 17.1 Å². The molecule has 0 aliphatic rings. The fraction of sp³-hybridized carbons (Fsp3) is 0.333. The molecule has 1 amide bonds. The van der Waals surface area contributed by atoms with Crippen LogP contribution in [0.4, 0.5) is 0 Å². The number of amides is 1. The zero-order chi connectivity index (χ0) is 13.0. The molecule has 0 saturated heterocycles. The van der Waals surface area contributed by atoms with E-state index in [1.807, 2.05) is 24.4 Å². The highest BCUT2D eigenvalue weighted by Crippen LogP contribution is 2.16. The van der Waals surface area contributed by atoms with Crippen molar-refractivity contribution in [3.8, 4) is 0 Å². The Hall–Kier alpha value is -1.66. The van der Waals surface area contributed by atoms with Crippen molar-refractivity contribution in [1.82, 2.24) is 10.3 Å². The van der Waals surface area contributed by atoms with E-state index in [4.69, 9.17) is 10.2 Å². The summed E-state index contributed by atoms with van der Waals surface area (Å²) in [6.45, 7) is 2.24. The third kappa shape index (κ3) is 2.96. The predicted octanol–water partition coefficient (Wildman–Crippen LogP) is 1.61. The van der Waals surface area contributed by atoms with Crippen LogP contribution in [0.1, 0.15) is 29.5 Å². The van der Waals surface area contributed by atoms with Crippen LogP contribution >= 0.6 is 11.3 Å². The molecule has 0 aliphatic heterocycles. The summed E-state index contributed by atoms with van der Waals surface area (Å²) in [5.41, 5.74) is 5.83. The number of hydrogen-bond acceptors (Lipinski definition) is 5. The van der Waals surface area contributed by atoms with Crippen molar-refractivity contribution < 1.29 is 9.21 Å². The molecule has 18 heavy (non-hydrogen) atoms. The van der Waals surface area contributed by atoms with Gasteiger partial charge in [-0.1, -0.05) is 13.0 Å². The number of thiophene rings is 1. The van der Waals surface area contributed by atoms with E-state index in [9.17, 15) is 4.79 Å². The Balaban J connectivity index is 1.88. The molecule has 0 spiro atoms. The fourth-order valence-corrected chi connectivity index (χ4v) is 2.19. The summed E-state index contributed by atoms with van der Waals surface area (Å²) >= 11 is 1.46. The van der Waals surface area contributed by atoms with Gasteiger partial charge in [0.25, 0.3) is 0 Å². The fourth-order valence-electron chi connectivity index (χ4n) is 1.46. The molecule has 1 atom stereocenters. The van der Waals surface area contributed by atoms with Crippen LogP contribution in [0.5, 0.6) is 0 Å². The maximum Gasteiger partial charge on any atom is 0.242 e. The Morgan fingerprint density at radius 2 is 2.50 bits per heavy atom. The van der Waals surface area contributed by atoms with Crippen molar-refractivity contribution >= 4 is 17.2 Å². The molecule has 2 aromatic rings. The van der Waals surface area contributed by atoms with Gasteiger partial charge in [0.2, 0.25) is 11.8 Å². The van der Waals surface area contributed by atoms with Crippen LogP contribution in [0.2, 0.25) is 0 Å². The van der Waals surface area contributed by atoms with Crippen molar-refractivity contribution in [1.29, 1.82) is 0 Å². The van der Waals surface area contributed by atoms with Crippen molar-refractivity contribution in [3.63, 3.8) is 0 Å². The lowest BCUT2D eigenvalue weighted by Crippen LogP contribution is -2.33. The average Bonchev–Trinajstić information content (AvgIpc) is 3.05. The van der Waals surface area contributed by atoms with E-state index in [2.05, 4.69) is 10.3 Å². The minimum Gasteiger partial charge on any atom is -0.444 e. The van der Waals surface area contributed by atoms with E-state index < -0.39 is 6.04 Å². The summed E-state index contributed by atoms with van der Waals surface area (Å²) in [7, 11) is 0. The molecule has 0 fully saturated rings. The van der Waals surface area contributed by atoms with Gasteiger partial charge in [0.15, 0.2) is 0 Å². The number of carbonyl (C=O) groups excluding carboxylic acids is 1. The number of rotatable bonds is 5. The van der Waals surface area contributed by atoms with Gasteiger partial charge in [-0.3, -0.25) is 4.79 Å². The monoisotopic (exact) mass is 265 g/mol. The summed E-state index contributed by atoms with van der Waals surface area (Å²) in [5.74, 6) is 1.08. The largest absolute Gasteiger partial charge is 0.444 e. The van der Waals surface area contributed by atoms with Crippen molar-refractivity contribution in [2.45, 2.75) is 25.9 Å². The van der Waals surface area contributed by atoms with Crippen LogP contribution in [-0.4, -0.2) is 10.9 Å². The maximum atomic E-state index is 11.8. The molecule has 2 heterocycles. The third-order valence-electron chi connectivity index (χ3n) is 2.50. The molecule has 3 N–H and O–H groups in total. The first-order valence-electron chi connectivity index (χ1n) is 5.71. The van der Waals surface area contributed by atoms with E-state index in [1.54, 1.807) is 6.20 Å². The standard InChI is InChI=1S/C12H15N3O2S/c1-2-8-6-14-10(17-8)7-15-12(16)11(13)9-4-3-5-18-9/h3-6,11H,2,7,13H2,1H3,(H,15,16). The van der Waals surface area contributed by atoms with E-state index in [-0.39, 0.29) is 12.5 Å². The Kier molecular flexibility index (Phi) is 4.11. The highest BCUT2D eigenvalue weighted by Gasteiger charge is 2.16. The molecule has 0 aliphatic carbocycles. The van der Waals surface area contributed by atoms with Crippen LogP contribution in [0.15, 0.2) is 28.1 Å². The number of carbonyl (C=O) groups is 1. The van der Waals surface area contributed by atoms with E-state index in [1.165, 1.54) is 11.3 Å². The molecule has 5 nitrogen and oxygen atoms in total. The molecule has 0 bridgehead atoms. The Bertz CT molecular complexity index is 507. The quantitative estimate of drug-likeness (QED) is 0.860. The van der Waals surface area contributed by atoms with Crippen LogP contribution in [-0.2, 0) is 17.8 Å².